The van der Waals surface area contributed by atoms with Gasteiger partial charge >= 0.3 is 0 Å². The highest BCUT2D eigenvalue weighted by atomic mass is 35.5. The van der Waals surface area contributed by atoms with Crippen molar-refractivity contribution in [1.82, 2.24) is 9.21 Å². The number of carbonyl (C=O) groups excluding carboxylic acids is 1. The van der Waals surface area contributed by atoms with Gasteiger partial charge in [-0.3, -0.25) is 4.79 Å². The van der Waals surface area contributed by atoms with E-state index in [-0.39, 0.29) is 10.8 Å². The van der Waals surface area contributed by atoms with Crippen molar-refractivity contribution in [3.8, 4) is 0 Å². The molecule has 2 aromatic carbocycles. The average molecular weight is 491 g/mol. The third-order valence-corrected chi connectivity index (χ3v) is 8.70. The zero-order chi connectivity index (χ0) is 23.6. The molecule has 2 fully saturated rings. The van der Waals surface area contributed by atoms with Crippen LogP contribution in [0.2, 0.25) is 5.02 Å². The first-order valence-electron chi connectivity index (χ1n) is 11.4. The van der Waals surface area contributed by atoms with Gasteiger partial charge in [0.2, 0.25) is 10.0 Å². The summed E-state index contributed by atoms with van der Waals surface area (Å²) in [6.45, 7) is 6.84. The number of carbonyl (C=O) groups is 1. The number of nitrogens with one attached hydrogen (secondary N) is 1. The van der Waals surface area contributed by atoms with E-state index in [9.17, 15) is 13.2 Å². The molecular formula is C24H31ClN4O3S. The molecule has 33 heavy (non-hydrogen) atoms. The van der Waals surface area contributed by atoms with Gasteiger partial charge in [0.15, 0.2) is 0 Å². The molecular weight excluding hydrogens is 460 g/mol. The highest BCUT2D eigenvalue weighted by Gasteiger charge is 2.28. The van der Waals surface area contributed by atoms with Crippen LogP contribution >= 0.6 is 11.6 Å². The SMILES string of the molecule is CC1CCN(S(=O)(=O)c2ccc(C(=O)Nc3cc(Cl)ccc3N3CCN(C)CC3)cc2)CC1. The number of hydrogen-bond acceptors (Lipinski definition) is 5. The van der Waals surface area contributed by atoms with E-state index in [2.05, 4.69) is 29.1 Å². The van der Waals surface area contributed by atoms with E-state index in [1.165, 1.54) is 16.4 Å². The number of likely N-dealkylation sites (N-methyl/N-ethyl adjacent to an activating group) is 1. The van der Waals surface area contributed by atoms with E-state index in [1.807, 2.05) is 12.1 Å². The molecule has 1 amide bonds. The van der Waals surface area contributed by atoms with Crippen LogP contribution in [0.3, 0.4) is 0 Å². The van der Waals surface area contributed by atoms with Crippen LogP contribution in [0.4, 0.5) is 11.4 Å². The summed E-state index contributed by atoms with van der Waals surface area (Å²) in [6.07, 6.45) is 1.74. The summed E-state index contributed by atoms with van der Waals surface area (Å²) in [5.74, 6) is 0.244. The summed E-state index contributed by atoms with van der Waals surface area (Å²) in [7, 11) is -1.45. The van der Waals surface area contributed by atoms with Gasteiger partial charge in [-0.1, -0.05) is 18.5 Å². The van der Waals surface area contributed by atoms with E-state index in [1.54, 1.807) is 18.2 Å². The number of sulfonamides is 1. The summed E-state index contributed by atoms with van der Waals surface area (Å²) in [5, 5.41) is 3.51. The van der Waals surface area contributed by atoms with Gasteiger partial charge < -0.3 is 15.1 Å². The Morgan fingerprint density at radius 3 is 2.24 bits per heavy atom. The zero-order valence-corrected chi connectivity index (χ0v) is 20.7. The Bertz CT molecular complexity index is 1090. The van der Waals surface area contributed by atoms with Gasteiger partial charge in [-0.15, -0.1) is 0 Å². The Hall–Kier alpha value is -2.13. The number of amides is 1. The number of anilines is 2. The Morgan fingerprint density at radius 1 is 0.970 bits per heavy atom. The molecule has 2 aliphatic rings. The maximum absolute atomic E-state index is 13.0. The van der Waals surface area contributed by atoms with Gasteiger partial charge in [0, 0.05) is 49.9 Å². The quantitative estimate of drug-likeness (QED) is 0.690. The predicted molar refractivity (Wildman–Crippen MR) is 133 cm³/mol. The molecule has 0 unspecified atom stereocenters. The summed E-state index contributed by atoms with van der Waals surface area (Å²) >= 11 is 6.21. The van der Waals surface area contributed by atoms with Gasteiger partial charge in [-0.2, -0.15) is 4.31 Å². The van der Waals surface area contributed by atoms with Crippen LogP contribution in [-0.2, 0) is 10.0 Å². The molecule has 2 aromatic rings. The van der Waals surface area contributed by atoms with Crippen molar-refractivity contribution in [2.75, 3.05) is 56.5 Å². The number of halogens is 1. The van der Waals surface area contributed by atoms with Crippen molar-refractivity contribution in [3.63, 3.8) is 0 Å². The largest absolute Gasteiger partial charge is 0.367 e. The Labute approximate surface area is 201 Å². The van der Waals surface area contributed by atoms with E-state index >= 15 is 0 Å². The highest BCUT2D eigenvalue weighted by Crippen LogP contribution is 2.31. The lowest BCUT2D eigenvalue weighted by Crippen LogP contribution is -2.44. The monoisotopic (exact) mass is 490 g/mol. The molecule has 0 aliphatic carbocycles. The fraction of sp³-hybridized carbons (Fsp3) is 0.458. The molecule has 9 heteroatoms. The maximum Gasteiger partial charge on any atom is 0.255 e. The molecule has 7 nitrogen and oxygen atoms in total. The van der Waals surface area contributed by atoms with Crippen molar-refractivity contribution >= 4 is 38.9 Å². The lowest BCUT2D eigenvalue weighted by atomic mass is 10.0. The summed E-state index contributed by atoms with van der Waals surface area (Å²) in [4.78, 5) is 17.7. The molecule has 0 aromatic heterocycles. The average Bonchev–Trinajstić information content (AvgIpc) is 2.80. The van der Waals surface area contributed by atoms with Crippen molar-refractivity contribution in [3.05, 3.63) is 53.1 Å². The minimum absolute atomic E-state index is 0.217. The standard InChI is InChI=1S/C24H31ClN4O3S/c1-18-9-11-29(12-10-18)33(31,32)21-6-3-19(4-7-21)24(30)26-22-17-20(25)5-8-23(22)28-15-13-27(2)14-16-28/h3-8,17-18H,9-16H2,1-2H3,(H,26,30). The number of rotatable bonds is 5. The second-order valence-corrected chi connectivity index (χ2v) is 11.4. The molecule has 0 saturated carbocycles. The summed E-state index contributed by atoms with van der Waals surface area (Å²) in [6, 6.07) is 11.7. The Balaban J connectivity index is 1.49. The van der Waals surface area contributed by atoms with Crippen LogP contribution in [0, 0.1) is 5.92 Å². The van der Waals surface area contributed by atoms with Crippen molar-refractivity contribution in [1.29, 1.82) is 0 Å². The fourth-order valence-electron chi connectivity index (χ4n) is 4.28. The third-order valence-electron chi connectivity index (χ3n) is 6.55. The molecule has 0 spiro atoms. The number of piperidine rings is 1. The molecule has 0 atom stereocenters. The first-order valence-corrected chi connectivity index (χ1v) is 13.2. The van der Waals surface area contributed by atoms with Crippen LogP contribution in [0.5, 0.6) is 0 Å². The molecule has 0 bridgehead atoms. The van der Waals surface area contributed by atoms with Crippen LogP contribution in [-0.4, -0.2) is 69.8 Å². The number of piperazine rings is 1. The van der Waals surface area contributed by atoms with Gasteiger partial charge in [-0.25, -0.2) is 8.42 Å². The predicted octanol–water partition coefficient (Wildman–Crippen LogP) is 3.76. The van der Waals surface area contributed by atoms with Crippen LogP contribution in [0.1, 0.15) is 30.1 Å². The van der Waals surface area contributed by atoms with E-state index in [4.69, 9.17) is 11.6 Å². The maximum atomic E-state index is 13.0. The van der Waals surface area contributed by atoms with Crippen molar-refractivity contribution in [2.24, 2.45) is 5.92 Å². The molecule has 2 heterocycles. The lowest BCUT2D eigenvalue weighted by molar-refractivity contribution is 0.102. The second kappa shape index (κ2) is 10.0. The summed E-state index contributed by atoms with van der Waals surface area (Å²) in [5.41, 5.74) is 1.97. The Kier molecular flexibility index (Phi) is 7.28. The van der Waals surface area contributed by atoms with Crippen molar-refractivity contribution < 1.29 is 13.2 Å². The van der Waals surface area contributed by atoms with Gasteiger partial charge in [0.05, 0.1) is 16.3 Å². The molecule has 0 radical (unpaired) electrons. The number of benzene rings is 2. The molecule has 178 valence electrons. The lowest BCUT2D eigenvalue weighted by Gasteiger charge is -2.35. The first kappa shape index (κ1) is 24.0. The first-order chi connectivity index (χ1) is 15.7. The third kappa shape index (κ3) is 5.51. The zero-order valence-electron chi connectivity index (χ0n) is 19.1. The highest BCUT2D eigenvalue weighted by molar-refractivity contribution is 7.89. The molecule has 2 saturated heterocycles. The van der Waals surface area contributed by atoms with Crippen LogP contribution in [0.25, 0.3) is 0 Å². The molecule has 2 aliphatic heterocycles. The molecule has 4 rings (SSSR count). The van der Waals surface area contributed by atoms with Gasteiger partial charge in [-0.05, 0) is 68.3 Å². The van der Waals surface area contributed by atoms with E-state index < -0.39 is 10.0 Å². The second-order valence-electron chi connectivity index (χ2n) is 9.02. The van der Waals surface area contributed by atoms with Crippen LogP contribution < -0.4 is 10.2 Å². The van der Waals surface area contributed by atoms with Crippen LogP contribution in [0.15, 0.2) is 47.4 Å². The van der Waals surface area contributed by atoms with E-state index in [0.717, 1.165) is 44.7 Å². The number of hydrogen-bond donors (Lipinski definition) is 1. The van der Waals surface area contributed by atoms with Gasteiger partial charge in [0.1, 0.15) is 0 Å². The smallest absolute Gasteiger partial charge is 0.255 e. The summed E-state index contributed by atoms with van der Waals surface area (Å²) < 4.78 is 27.4. The fourth-order valence-corrected chi connectivity index (χ4v) is 5.92. The number of nitrogens with zero attached hydrogens (tertiary/aromatic N) is 3. The topological polar surface area (TPSA) is 73.0 Å². The Morgan fingerprint density at radius 2 is 1.61 bits per heavy atom. The van der Waals surface area contributed by atoms with Gasteiger partial charge in [0.25, 0.3) is 5.91 Å². The minimum Gasteiger partial charge on any atom is -0.367 e. The molecule has 1 N–H and O–H groups in total. The normalized spacial score (nSPS) is 18.9. The van der Waals surface area contributed by atoms with E-state index in [0.29, 0.717) is 35.3 Å². The minimum atomic E-state index is -3.54. The van der Waals surface area contributed by atoms with Crippen molar-refractivity contribution in [2.45, 2.75) is 24.7 Å².